The highest BCUT2D eigenvalue weighted by atomic mass is 19.1. The Hall–Kier alpha value is -1.57. The number of likely N-dealkylation sites (N-methyl/N-ethyl adjacent to an activating group) is 1. The summed E-state index contributed by atoms with van der Waals surface area (Å²) >= 11 is 0. The molecule has 4 N–H and O–H groups in total. The molecule has 0 saturated carbocycles. The maximum Gasteiger partial charge on any atom is 0.338 e. The lowest BCUT2D eigenvalue weighted by Crippen LogP contribution is -2.30. The average Bonchev–Trinajstić information content (AvgIpc) is 2.28. The molecule has 2 unspecified atom stereocenters. The number of aromatic carboxylic acids is 1. The van der Waals surface area contributed by atoms with Crippen molar-refractivity contribution in [3.63, 3.8) is 0 Å². The molecule has 0 saturated heterocycles. The zero-order valence-electron chi connectivity index (χ0n) is 9.09. The van der Waals surface area contributed by atoms with Crippen LogP contribution in [0.1, 0.15) is 22.2 Å². The molecule has 1 aromatic heterocycles. The van der Waals surface area contributed by atoms with E-state index in [1.807, 2.05) is 0 Å². The number of aliphatic hydroxyl groups excluding tert-OH is 2. The van der Waals surface area contributed by atoms with Crippen molar-refractivity contribution < 1.29 is 24.5 Å². The average molecular weight is 244 g/mol. The van der Waals surface area contributed by atoms with Crippen LogP contribution in [0.3, 0.4) is 0 Å². The summed E-state index contributed by atoms with van der Waals surface area (Å²) in [5, 5.41) is 30.4. The summed E-state index contributed by atoms with van der Waals surface area (Å²) in [4.78, 5) is 14.2. The fraction of sp³-hybridized carbons (Fsp3) is 0.400. The number of hydrogen-bond acceptors (Lipinski definition) is 5. The van der Waals surface area contributed by atoms with E-state index in [1.54, 1.807) is 7.05 Å². The first-order valence-electron chi connectivity index (χ1n) is 4.87. The van der Waals surface area contributed by atoms with Crippen LogP contribution < -0.4 is 5.32 Å². The third kappa shape index (κ3) is 2.96. The van der Waals surface area contributed by atoms with E-state index in [9.17, 15) is 19.4 Å². The normalized spacial score (nSPS) is 14.4. The number of nitrogens with one attached hydrogen (secondary N) is 1. The minimum atomic E-state index is -1.58. The van der Waals surface area contributed by atoms with E-state index in [0.29, 0.717) is 0 Å². The molecule has 1 heterocycles. The third-order valence-electron chi connectivity index (χ3n) is 2.20. The lowest BCUT2D eigenvalue weighted by atomic mass is 10.1. The van der Waals surface area contributed by atoms with Crippen molar-refractivity contribution in [2.45, 2.75) is 12.2 Å². The van der Waals surface area contributed by atoms with Crippen molar-refractivity contribution >= 4 is 5.97 Å². The molecule has 0 aliphatic rings. The van der Waals surface area contributed by atoms with E-state index < -0.39 is 35.3 Å². The van der Waals surface area contributed by atoms with Gasteiger partial charge in [0.25, 0.3) is 0 Å². The summed E-state index contributed by atoms with van der Waals surface area (Å²) in [5.74, 6) is -2.59. The Bertz CT molecular complexity index is 413. The van der Waals surface area contributed by atoms with E-state index in [2.05, 4.69) is 10.3 Å². The van der Waals surface area contributed by atoms with Crippen LogP contribution >= 0.6 is 0 Å². The third-order valence-corrected chi connectivity index (χ3v) is 2.20. The minimum Gasteiger partial charge on any atom is -0.478 e. The van der Waals surface area contributed by atoms with Gasteiger partial charge >= 0.3 is 5.97 Å². The number of rotatable bonds is 5. The standard InChI is InChI=1S/C10H13FN2O4/c1-12-4-6(14)9(15)8-7(11)5(10(16)17)2-3-13-8/h2-3,6,9,12,14-15H,4H2,1H3,(H,16,17). The van der Waals surface area contributed by atoms with Crippen molar-refractivity contribution in [1.29, 1.82) is 0 Å². The Morgan fingerprint density at radius 1 is 1.59 bits per heavy atom. The zero-order chi connectivity index (χ0) is 13.0. The molecule has 0 spiro atoms. The van der Waals surface area contributed by atoms with Crippen LogP contribution in [-0.2, 0) is 0 Å². The fourth-order valence-electron chi connectivity index (χ4n) is 1.33. The smallest absolute Gasteiger partial charge is 0.338 e. The molecule has 0 fully saturated rings. The summed E-state index contributed by atoms with van der Waals surface area (Å²) in [6.07, 6.45) is -1.79. The molecule has 0 aliphatic heterocycles. The second kappa shape index (κ2) is 5.67. The quantitative estimate of drug-likeness (QED) is 0.558. The van der Waals surface area contributed by atoms with Crippen LogP contribution in [-0.4, -0.2) is 46.0 Å². The van der Waals surface area contributed by atoms with Gasteiger partial charge in [0.05, 0.1) is 11.7 Å². The fourth-order valence-corrected chi connectivity index (χ4v) is 1.33. The predicted octanol–water partition coefficient (Wildman–Crippen LogP) is -0.467. The van der Waals surface area contributed by atoms with Crippen molar-refractivity contribution in [3.05, 3.63) is 29.3 Å². The molecule has 0 aliphatic carbocycles. The van der Waals surface area contributed by atoms with Gasteiger partial charge in [0.2, 0.25) is 0 Å². The van der Waals surface area contributed by atoms with Crippen LogP contribution in [0.4, 0.5) is 4.39 Å². The molecule has 94 valence electrons. The zero-order valence-corrected chi connectivity index (χ0v) is 9.09. The van der Waals surface area contributed by atoms with Crippen LogP contribution in [0, 0.1) is 5.82 Å². The van der Waals surface area contributed by atoms with E-state index in [4.69, 9.17) is 5.11 Å². The monoisotopic (exact) mass is 244 g/mol. The van der Waals surface area contributed by atoms with Crippen molar-refractivity contribution in [3.8, 4) is 0 Å². The Labute approximate surface area is 96.7 Å². The molecule has 2 atom stereocenters. The largest absolute Gasteiger partial charge is 0.478 e. The van der Waals surface area contributed by atoms with Crippen LogP contribution in [0.2, 0.25) is 0 Å². The number of aliphatic hydroxyl groups is 2. The van der Waals surface area contributed by atoms with Crippen LogP contribution in [0.25, 0.3) is 0 Å². The van der Waals surface area contributed by atoms with Gasteiger partial charge in [0, 0.05) is 12.7 Å². The Kier molecular flexibility index (Phi) is 4.50. The van der Waals surface area contributed by atoms with Crippen molar-refractivity contribution in [2.24, 2.45) is 0 Å². The number of carboxylic acids is 1. The van der Waals surface area contributed by atoms with Gasteiger partial charge in [-0.3, -0.25) is 4.98 Å². The topological polar surface area (TPSA) is 103 Å². The van der Waals surface area contributed by atoms with Crippen LogP contribution in [0.15, 0.2) is 12.3 Å². The van der Waals surface area contributed by atoms with E-state index in [1.165, 1.54) is 0 Å². The molecule has 0 radical (unpaired) electrons. The highest BCUT2D eigenvalue weighted by Gasteiger charge is 2.25. The van der Waals surface area contributed by atoms with E-state index in [0.717, 1.165) is 12.3 Å². The van der Waals surface area contributed by atoms with Crippen molar-refractivity contribution in [2.75, 3.05) is 13.6 Å². The Morgan fingerprint density at radius 2 is 2.24 bits per heavy atom. The molecule has 6 nitrogen and oxygen atoms in total. The Balaban J connectivity index is 3.06. The van der Waals surface area contributed by atoms with E-state index >= 15 is 0 Å². The van der Waals surface area contributed by atoms with Gasteiger partial charge < -0.3 is 20.6 Å². The van der Waals surface area contributed by atoms with Gasteiger partial charge in [-0.25, -0.2) is 9.18 Å². The maximum absolute atomic E-state index is 13.6. The number of pyridine rings is 1. The first-order chi connectivity index (χ1) is 7.99. The summed E-state index contributed by atoms with van der Waals surface area (Å²) in [5.41, 5.74) is -1.07. The minimum absolute atomic E-state index is 0.0274. The Morgan fingerprint density at radius 3 is 2.76 bits per heavy atom. The molecule has 1 rings (SSSR count). The lowest BCUT2D eigenvalue weighted by Gasteiger charge is -2.17. The number of aromatic nitrogens is 1. The maximum atomic E-state index is 13.6. The number of nitrogens with zero attached hydrogens (tertiary/aromatic N) is 1. The van der Waals surface area contributed by atoms with Crippen molar-refractivity contribution in [1.82, 2.24) is 10.3 Å². The second-order valence-corrected chi connectivity index (χ2v) is 3.43. The van der Waals surface area contributed by atoms with Gasteiger partial charge in [-0.1, -0.05) is 0 Å². The molecule has 1 aromatic rings. The molecule has 17 heavy (non-hydrogen) atoms. The summed E-state index contributed by atoms with van der Waals surface area (Å²) < 4.78 is 13.6. The summed E-state index contributed by atoms with van der Waals surface area (Å²) in [7, 11) is 1.55. The molecular weight excluding hydrogens is 231 g/mol. The molecule has 7 heteroatoms. The second-order valence-electron chi connectivity index (χ2n) is 3.43. The van der Waals surface area contributed by atoms with Crippen LogP contribution in [0.5, 0.6) is 0 Å². The SMILES string of the molecule is CNCC(O)C(O)c1nccc(C(=O)O)c1F. The number of hydrogen-bond donors (Lipinski definition) is 4. The molecule has 0 amide bonds. The lowest BCUT2D eigenvalue weighted by molar-refractivity contribution is 0.0152. The summed E-state index contributed by atoms with van der Waals surface area (Å²) in [6.45, 7) is 0.0274. The molecule has 0 bridgehead atoms. The number of halogens is 1. The first-order valence-corrected chi connectivity index (χ1v) is 4.87. The predicted molar refractivity (Wildman–Crippen MR) is 56.0 cm³/mol. The summed E-state index contributed by atoms with van der Waals surface area (Å²) in [6, 6.07) is 0.984. The molecular formula is C10H13FN2O4. The van der Waals surface area contributed by atoms with Gasteiger partial charge in [0.1, 0.15) is 11.8 Å². The van der Waals surface area contributed by atoms with Gasteiger partial charge in [-0.05, 0) is 13.1 Å². The highest BCUT2D eigenvalue weighted by Crippen LogP contribution is 2.20. The number of carbonyl (C=O) groups is 1. The van der Waals surface area contributed by atoms with Gasteiger partial charge in [-0.15, -0.1) is 0 Å². The highest BCUT2D eigenvalue weighted by molar-refractivity contribution is 5.87. The van der Waals surface area contributed by atoms with Gasteiger partial charge in [0.15, 0.2) is 5.82 Å². The number of carboxylic acid groups (broad SMARTS) is 1. The van der Waals surface area contributed by atoms with E-state index in [-0.39, 0.29) is 6.54 Å². The first kappa shape index (κ1) is 13.5. The molecule has 0 aromatic carbocycles. The van der Waals surface area contributed by atoms with Gasteiger partial charge in [-0.2, -0.15) is 0 Å².